The molecule has 5 N–H and O–H groups in total. The van der Waals surface area contributed by atoms with Gasteiger partial charge in [0.25, 0.3) is 0 Å². The van der Waals surface area contributed by atoms with Crippen LogP contribution in [-0.2, 0) is 4.74 Å². The van der Waals surface area contributed by atoms with E-state index >= 15 is 0 Å². The average molecular weight is 389 g/mol. The Kier molecular flexibility index (Phi) is 5.68. The number of nitrogens with two attached hydrogens (primary N) is 1. The minimum Gasteiger partial charge on any atom is -0.444 e. The lowest BCUT2D eigenvalue weighted by Crippen LogP contribution is -2.54. The summed E-state index contributed by atoms with van der Waals surface area (Å²) in [5.41, 5.74) is 6.53. The Morgan fingerprint density at radius 3 is 2.64 bits per heavy atom. The fourth-order valence-corrected chi connectivity index (χ4v) is 3.18. The van der Waals surface area contributed by atoms with Gasteiger partial charge in [0.1, 0.15) is 5.60 Å². The molecule has 10 nitrogen and oxygen atoms in total. The summed E-state index contributed by atoms with van der Waals surface area (Å²) in [6.07, 6.45) is 5.57. The van der Waals surface area contributed by atoms with Crippen molar-refractivity contribution in [1.82, 2.24) is 25.3 Å². The first-order valence-electron chi connectivity index (χ1n) is 9.29. The fourth-order valence-electron chi connectivity index (χ4n) is 3.18. The number of ether oxygens (including phenoxy) is 1. The van der Waals surface area contributed by atoms with Gasteiger partial charge in [-0.1, -0.05) is 0 Å². The number of pyridine rings is 1. The molecule has 0 radical (unpaired) electrons. The number of hydrogen-bond donors (Lipinski definition) is 4. The number of anilines is 2. The molecule has 28 heavy (non-hydrogen) atoms. The fraction of sp³-hybridized carbons (Fsp3) is 0.556. The predicted molar refractivity (Wildman–Crippen MR) is 104 cm³/mol. The molecular formula is C18H27N7O3. The number of nitrogens with zero attached hydrogens (tertiary/aromatic N) is 4. The van der Waals surface area contributed by atoms with Crippen molar-refractivity contribution in [3.63, 3.8) is 0 Å². The highest BCUT2D eigenvalue weighted by Crippen LogP contribution is 2.27. The van der Waals surface area contributed by atoms with E-state index in [0.717, 1.165) is 12.8 Å². The normalized spacial score (nSPS) is 22.5. The van der Waals surface area contributed by atoms with Crippen LogP contribution in [0.15, 0.2) is 24.7 Å². The van der Waals surface area contributed by atoms with Crippen LogP contribution >= 0.6 is 0 Å². The Balaban J connectivity index is 1.69. The quantitative estimate of drug-likeness (QED) is 0.616. The molecule has 1 fully saturated rings. The van der Waals surface area contributed by atoms with Gasteiger partial charge < -0.3 is 26.2 Å². The maximum atomic E-state index is 12.1. The number of carbonyl (C=O) groups excluding carboxylic acids is 1. The Labute approximate surface area is 163 Å². The zero-order valence-corrected chi connectivity index (χ0v) is 16.3. The second kappa shape index (κ2) is 8.01. The van der Waals surface area contributed by atoms with E-state index in [9.17, 15) is 9.90 Å². The molecule has 2 aromatic heterocycles. The molecule has 3 unspecified atom stereocenters. The maximum Gasteiger partial charge on any atom is 0.407 e. The Bertz CT molecular complexity index is 804. The molecule has 0 aromatic carbocycles. The van der Waals surface area contributed by atoms with E-state index in [4.69, 9.17) is 10.5 Å². The number of amides is 1. The van der Waals surface area contributed by atoms with Gasteiger partial charge in [-0.15, -0.1) is 4.80 Å². The van der Waals surface area contributed by atoms with Crippen LogP contribution in [0.1, 0.15) is 40.0 Å². The summed E-state index contributed by atoms with van der Waals surface area (Å²) >= 11 is 0. The second-order valence-corrected chi connectivity index (χ2v) is 7.87. The second-order valence-electron chi connectivity index (χ2n) is 7.87. The third-order valence-corrected chi connectivity index (χ3v) is 4.44. The van der Waals surface area contributed by atoms with Crippen LogP contribution in [0.5, 0.6) is 0 Å². The van der Waals surface area contributed by atoms with Gasteiger partial charge in [0.15, 0.2) is 5.82 Å². The minimum absolute atomic E-state index is 0.281. The zero-order valence-electron chi connectivity index (χ0n) is 16.3. The smallest absolute Gasteiger partial charge is 0.407 e. The molecule has 0 saturated heterocycles. The number of aliphatic hydroxyl groups is 1. The number of nitrogen functional groups attached to an aromatic ring is 1. The molecule has 0 aliphatic heterocycles. The first-order chi connectivity index (χ1) is 13.2. The predicted octanol–water partition coefficient (Wildman–Crippen LogP) is 1.46. The van der Waals surface area contributed by atoms with Gasteiger partial charge >= 0.3 is 6.09 Å². The Morgan fingerprint density at radius 1 is 1.29 bits per heavy atom. The molecule has 3 atom stereocenters. The molecule has 2 heterocycles. The number of nitrogens with one attached hydrogen (secondary N) is 2. The van der Waals surface area contributed by atoms with Crippen molar-refractivity contribution in [3.05, 3.63) is 24.7 Å². The number of carbonyl (C=O) groups is 1. The molecule has 10 heteroatoms. The Morgan fingerprint density at radius 2 is 1.96 bits per heavy atom. The summed E-state index contributed by atoms with van der Waals surface area (Å²) in [7, 11) is 0. The van der Waals surface area contributed by atoms with Crippen LogP contribution in [0.25, 0.3) is 5.82 Å². The highest BCUT2D eigenvalue weighted by Gasteiger charge is 2.34. The standard InChI is InChI=1S/C18H27N7O3/c1-18(2,3)28-17(27)24-13-6-4-5-12(16(13)26)23-14-9-15(20-10-11(14)19)25-21-7-8-22-25/h7-10,12-13,16,26H,4-6,19H2,1-3H3,(H,20,23)(H,24,27). The van der Waals surface area contributed by atoms with Crippen LogP contribution in [-0.4, -0.2) is 55.0 Å². The lowest BCUT2D eigenvalue weighted by Gasteiger charge is -2.36. The molecule has 1 saturated carbocycles. The summed E-state index contributed by atoms with van der Waals surface area (Å²) < 4.78 is 5.29. The van der Waals surface area contributed by atoms with Crippen molar-refractivity contribution in [1.29, 1.82) is 0 Å². The molecule has 0 bridgehead atoms. The lowest BCUT2D eigenvalue weighted by atomic mass is 9.88. The SMILES string of the molecule is CC(C)(C)OC(=O)NC1CCCC(Nc2cc(-n3nccn3)ncc2N)C1O. The van der Waals surface area contributed by atoms with E-state index in [2.05, 4.69) is 25.8 Å². The number of alkyl carbamates (subject to hydrolysis) is 1. The summed E-state index contributed by atoms with van der Waals surface area (Å²) in [6, 6.07) is 1.04. The van der Waals surface area contributed by atoms with Crippen molar-refractivity contribution in [2.24, 2.45) is 0 Å². The third-order valence-electron chi connectivity index (χ3n) is 4.44. The van der Waals surface area contributed by atoms with E-state index in [1.807, 2.05) is 0 Å². The monoisotopic (exact) mass is 389 g/mol. The maximum absolute atomic E-state index is 12.1. The van der Waals surface area contributed by atoms with E-state index in [-0.39, 0.29) is 6.04 Å². The topological polar surface area (TPSA) is 140 Å². The molecule has 1 aliphatic rings. The zero-order chi connectivity index (χ0) is 20.3. The molecule has 152 valence electrons. The van der Waals surface area contributed by atoms with Crippen molar-refractivity contribution in [2.75, 3.05) is 11.1 Å². The number of aromatic nitrogens is 4. The van der Waals surface area contributed by atoms with E-state index in [0.29, 0.717) is 23.6 Å². The van der Waals surface area contributed by atoms with Crippen LogP contribution in [0, 0.1) is 0 Å². The Hall–Kier alpha value is -2.88. The van der Waals surface area contributed by atoms with Gasteiger partial charge in [0, 0.05) is 6.07 Å². The van der Waals surface area contributed by atoms with Gasteiger partial charge in [0.2, 0.25) is 0 Å². The van der Waals surface area contributed by atoms with Crippen LogP contribution in [0.4, 0.5) is 16.2 Å². The summed E-state index contributed by atoms with van der Waals surface area (Å²) in [4.78, 5) is 17.7. The van der Waals surface area contributed by atoms with Gasteiger partial charge in [-0.3, -0.25) is 0 Å². The van der Waals surface area contributed by atoms with Gasteiger partial charge in [0.05, 0.1) is 48.2 Å². The van der Waals surface area contributed by atoms with Gasteiger partial charge in [-0.2, -0.15) is 10.2 Å². The summed E-state index contributed by atoms with van der Waals surface area (Å²) in [5, 5.41) is 24.9. The third kappa shape index (κ3) is 4.89. The van der Waals surface area contributed by atoms with Gasteiger partial charge in [-0.25, -0.2) is 9.78 Å². The first-order valence-corrected chi connectivity index (χ1v) is 9.29. The van der Waals surface area contributed by atoms with E-state index in [1.54, 1.807) is 39.2 Å². The largest absolute Gasteiger partial charge is 0.444 e. The van der Waals surface area contributed by atoms with Crippen LogP contribution in [0.3, 0.4) is 0 Å². The van der Waals surface area contributed by atoms with Crippen molar-refractivity contribution in [3.8, 4) is 5.82 Å². The highest BCUT2D eigenvalue weighted by atomic mass is 16.6. The van der Waals surface area contributed by atoms with E-state index < -0.39 is 23.8 Å². The first kappa shape index (κ1) is 19.9. The van der Waals surface area contributed by atoms with Crippen molar-refractivity contribution >= 4 is 17.5 Å². The van der Waals surface area contributed by atoms with Crippen LogP contribution < -0.4 is 16.4 Å². The van der Waals surface area contributed by atoms with Crippen molar-refractivity contribution in [2.45, 2.75) is 63.8 Å². The average Bonchev–Trinajstić information content (AvgIpc) is 3.13. The summed E-state index contributed by atoms with van der Waals surface area (Å²) in [6.45, 7) is 5.39. The number of rotatable bonds is 4. The van der Waals surface area contributed by atoms with Crippen molar-refractivity contribution < 1.29 is 14.6 Å². The van der Waals surface area contributed by atoms with Crippen LogP contribution in [0.2, 0.25) is 0 Å². The van der Waals surface area contributed by atoms with Gasteiger partial charge in [-0.05, 0) is 40.0 Å². The molecule has 1 amide bonds. The number of hydrogen-bond acceptors (Lipinski definition) is 8. The molecule has 0 spiro atoms. The number of aliphatic hydroxyl groups excluding tert-OH is 1. The molecular weight excluding hydrogens is 362 g/mol. The molecule has 2 aromatic rings. The lowest BCUT2D eigenvalue weighted by molar-refractivity contribution is 0.0338. The van der Waals surface area contributed by atoms with E-state index in [1.165, 1.54) is 11.0 Å². The summed E-state index contributed by atoms with van der Waals surface area (Å²) in [5.74, 6) is 0.510. The highest BCUT2D eigenvalue weighted by molar-refractivity contribution is 5.69. The molecule has 3 rings (SSSR count). The minimum atomic E-state index is -0.792. The molecule has 1 aliphatic carbocycles.